The number of rotatable bonds is 14. The van der Waals surface area contributed by atoms with Crippen LogP contribution in [0.5, 0.6) is 0 Å². The molecule has 0 fully saturated rings. The molecular weight excluding hydrogens is 556 g/mol. The number of hydrogen-bond donors (Lipinski definition) is 9. The number of nitrogens with two attached hydrogens (primary N) is 1. The number of hydrogen-bond acceptors (Lipinski definition) is 8. The van der Waals surface area contributed by atoms with Crippen molar-refractivity contribution in [1.29, 1.82) is 0 Å². The number of aliphatic hydroxyl groups is 1. The molecule has 0 radical (unpaired) electrons. The van der Waals surface area contributed by atoms with Crippen molar-refractivity contribution in [3.63, 3.8) is 0 Å². The average molecular weight is 593 g/mol. The lowest BCUT2D eigenvalue weighted by Gasteiger charge is -2.31. The predicted octanol–water partition coefficient (Wildman–Crippen LogP) is -1.28. The molecule has 9 N–H and O–H groups in total. The number of nitrogens with one attached hydrogen (secondary N) is 5. The van der Waals surface area contributed by atoms with Gasteiger partial charge in [-0.25, -0.2) is 4.79 Å². The van der Waals surface area contributed by atoms with Gasteiger partial charge in [0, 0.05) is 35.2 Å². The number of aromatic amines is 1. The van der Waals surface area contributed by atoms with Gasteiger partial charge in [-0.3, -0.25) is 24.0 Å². The summed E-state index contributed by atoms with van der Waals surface area (Å²) in [6.45, 7) is 5.46. The Balaban J connectivity index is 2.22. The number of carbonyl (C=O) groups is 6. The third-order valence-electron chi connectivity index (χ3n) is 6.13. The molecule has 14 nitrogen and oxygen atoms in total. The van der Waals surface area contributed by atoms with Crippen molar-refractivity contribution in [2.45, 2.75) is 75.6 Å². The first kappa shape index (κ1) is 33.1. The second-order valence-corrected chi connectivity index (χ2v) is 11.4. The minimum Gasteiger partial charge on any atom is -0.480 e. The minimum absolute atomic E-state index is 0.101. The molecule has 1 aromatic carbocycles. The van der Waals surface area contributed by atoms with Crippen LogP contribution in [-0.4, -0.2) is 85.7 Å². The number of carbonyl (C=O) groups excluding carboxylic acids is 5. The Morgan fingerprint density at radius 1 is 0.976 bits per heavy atom. The van der Waals surface area contributed by atoms with Crippen molar-refractivity contribution >= 4 is 59.0 Å². The van der Waals surface area contributed by atoms with Crippen LogP contribution in [0.25, 0.3) is 10.9 Å². The predicted molar refractivity (Wildman–Crippen MR) is 152 cm³/mol. The van der Waals surface area contributed by atoms with Gasteiger partial charge in [0.25, 0.3) is 0 Å². The number of carboxylic acid groups (broad SMARTS) is 1. The fourth-order valence-corrected chi connectivity index (χ4v) is 4.25. The normalized spacial score (nSPS) is 15.1. The Labute approximate surface area is 241 Å². The van der Waals surface area contributed by atoms with E-state index in [0.717, 1.165) is 10.9 Å². The number of H-pyrrole nitrogens is 1. The third kappa shape index (κ3) is 9.49. The summed E-state index contributed by atoms with van der Waals surface area (Å²) in [5.74, 6) is -5.79. The van der Waals surface area contributed by atoms with E-state index in [1.54, 1.807) is 32.2 Å². The van der Waals surface area contributed by atoms with Crippen LogP contribution in [0.15, 0.2) is 30.5 Å². The third-order valence-corrected chi connectivity index (χ3v) is 6.39. The summed E-state index contributed by atoms with van der Waals surface area (Å²) in [5.41, 5.74) is 6.65. The monoisotopic (exact) mass is 592 g/mol. The summed E-state index contributed by atoms with van der Waals surface area (Å²) in [6.07, 6.45) is -0.660. The number of fused-ring (bicyclic) bond motifs is 1. The van der Waals surface area contributed by atoms with Gasteiger partial charge >= 0.3 is 5.97 Å². The highest BCUT2D eigenvalue weighted by atomic mass is 32.1. The van der Waals surface area contributed by atoms with E-state index in [0.29, 0.717) is 5.56 Å². The number of aromatic nitrogens is 1. The average Bonchev–Trinajstić information content (AvgIpc) is 3.26. The van der Waals surface area contributed by atoms with E-state index in [4.69, 9.17) is 5.73 Å². The second-order valence-electron chi connectivity index (χ2n) is 10.2. The Morgan fingerprint density at radius 2 is 1.59 bits per heavy atom. The van der Waals surface area contributed by atoms with Gasteiger partial charge in [0.15, 0.2) is 0 Å². The van der Waals surface area contributed by atoms with Crippen molar-refractivity contribution < 1.29 is 39.0 Å². The van der Waals surface area contributed by atoms with Crippen LogP contribution in [0.4, 0.5) is 0 Å². The molecule has 1 heterocycles. The standard InChI is InChI=1S/C26H36N6O8S/c1-12(33)20(23(37)31-18(25(39)40)9-14-11-28-16-8-6-5-7-15(14)16)32-22(36)17(10-19(27)35)30-24(38)21(26(3,4)41)29-13(2)34/h5-8,11-12,17-18,20-21,28,33,41H,9-10H2,1-4H3,(H2,27,35)(H,29,34)(H,30,38)(H,31,37)(H,32,36)(H,39,40)/t12-,17+,18+,20+,21-/m1/s1. The summed E-state index contributed by atoms with van der Waals surface area (Å²) in [7, 11) is 0. The SMILES string of the molecule is CC(=O)N[C@H](C(=O)N[C@@H](CC(N)=O)C(=O)N[C@H](C(=O)N[C@@H](Cc1c[nH]c2ccccc12)C(=O)O)[C@@H](C)O)C(C)(C)S. The van der Waals surface area contributed by atoms with Gasteiger partial charge < -0.3 is 42.2 Å². The number of carboxylic acids is 1. The first-order chi connectivity index (χ1) is 19.0. The van der Waals surface area contributed by atoms with Crippen LogP contribution < -0.4 is 27.0 Å². The van der Waals surface area contributed by atoms with E-state index in [1.807, 2.05) is 12.1 Å². The Bertz CT molecular complexity index is 1300. The Morgan fingerprint density at radius 3 is 2.12 bits per heavy atom. The molecule has 0 aliphatic rings. The number of aliphatic hydroxyl groups excluding tert-OH is 1. The molecule has 0 bridgehead atoms. The van der Waals surface area contributed by atoms with Gasteiger partial charge in [0.1, 0.15) is 24.2 Å². The van der Waals surface area contributed by atoms with Crippen molar-refractivity contribution in [2.75, 3.05) is 0 Å². The van der Waals surface area contributed by atoms with Crippen LogP contribution in [0, 0.1) is 0 Å². The van der Waals surface area contributed by atoms with E-state index in [9.17, 15) is 39.0 Å². The number of para-hydroxylation sites is 1. The quantitative estimate of drug-likeness (QED) is 0.120. The molecule has 0 unspecified atom stereocenters. The van der Waals surface area contributed by atoms with Gasteiger partial charge in [0.2, 0.25) is 29.5 Å². The molecular formula is C26H36N6O8S. The first-order valence-electron chi connectivity index (χ1n) is 12.7. The fraction of sp³-hybridized carbons (Fsp3) is 0.462. The minimum atomic E-state index is -1.66. The van der Waals surface area contributed by atoms with Gasteiger partial charge in [-0.2, -0.15) is 12.6 Å². The summed E-state index contributed by atoms with van der Waals surface area (Å²) in [4.78, 5) is 77.4. The summed E-state index contributed by atoms with van der Waals surface area (Å²) < 4.78 is -1.08. The maximum Gasteiger partial charge on any atom is 0.326 e. The molecule has 5 amide bonds. The van der Waals surface area contributed by atoms with Crippen LogP contribution in [0.3, 0.4) is 0 Å². The number of thiol groups is 1. The molecule has 5 atom stereocenters. The number of primary amides is 1. The van der Waals surface area contributed by atoms with Crippen LogP contribution in [-0.2, 0) is 35.2 Å². The van der Waals surface area contributed by atoms with Gasteiger partial charge in [-0.1, -0.05) is 18.2 Å². The molecule has 0 aliphatic carbocycles. The summed E-state index contributed by atoms with van der Waals surface area (Å²) in [6, 6.07) is 1.30. The van der Waals surface area contributed by atoms with Crippen molar-refractivity contribution in [1.82, 2.24) is 26.3 Å². The molecule has 2 aromatic rings. The largest absolute Gasteiger partial charge is 0.480 e. The molecule has 2 rings (SSSR count). The highest BCUT2D eigenvalue weighted by Gasteiger charge is 2.37. The first-order valence-corrected chi connectivity index (χ1v) is 13.1. The lowest BCUT2D eigenvalue weighted by molar-refractivity contribution is -0.143. The van der Waals surface area contributed by atoms with Gasteiger partial charge in [0.05, 0.1) is 12.5 Å². The summed E-state index contributed by atoms with van der Waals surface area (Å²) >= 11 is 4.31. The van der Waals surface area contributed by atoms with Crippen LogP contribution >= 0.6 is 12.6 Å². The Kier molecular flexibility index (Phi) is 11.3. The highest BCUT2D eigenvalue weighted by molar-refractivity contribution is 7.81. The number of amides is 5. The molecule has 15 heteroatoms. The molecule has 0 aliphatic heterocycles. The van der Waals surface area contributed by atoms with Gasteiger partial charge in [-0.05, 0) is 32.4 Å². The van der Waals surface area contributed by atoms with Gasteiger partial charge in [-0.15, -0.1) is 0 Å². The molecule has 224 valence electrons. The number of aliphatic carboxylic acids is 1. The van der Waals surface area contributed by atoms with Crippen molar-refractivity contribution in [3.8, 4) is 0 Å². The molecule has 1 aromatic heterocycles. The van der Waals surface area contributed by atoms with E-state index < -0.39 is 76.9 Å². The Hall–Kier alpha value is -4.11. The topological polar surface area (TPSA) is 233 Å². The van der Waals surface area contributed by atoms with Crippen molar-refractivity contribution in [3.05, 3.63) is 36.0 Å². The molecule has 0 saturated heterocycles. The van der Waals surface area contributed by atoms with E-state index >= 15 is 0 Å². The van der Waals surface area contributed by atoms with E-state index in [2.05, 4.69) is 38.9 Å². The maximum absolute atomic E-state index is 13.1. The maximum atomic E-state index is 13.1. The zero-order valence-corrected chi connectivity index (χ0v) is 24.0. The van der Waals surface area contributed by atoms with Crippen molar-refractivity contribution in [2.24, 2.45) is 5.73 Å². The zero-order valence-electron chi connectivity index (χ0n) is 23.1. The van der Waals surface area contributed by atoms with Crippen LogP contribution in [0.1, 0.15) is 39.7 Å². The zero-order chi connectivity index (χ0) is 31.1. The second kappa shape index (κ2) is 14.0. The fourth-order valence-electron chi connectivity index (χ4n) is 4.07. The highest BCUT2D eigenvalue weighted by Crippen LogP contribution is 2.20. The summed E-state index contributed by atoms with van der Waals surface area (Å²) in [5, 5.41) is 30.1. The molecule has 0 spiro atoms. The van der Waals surface area contributed by atoms with E-state index in [-0.39, 0.29) is 6.42 Å². The lowest BCUT2D eigenvalue weighted by Crippen LogP contribution is -2.62. The van der Waals surface area contributed by atoms with Crippen LogP contribution in [0.2, 0.25) is 0 Å². The molecule has 0 saturated carbocycles. The number of benzene rings is 1. The van der Waals surface area contributed by atoms with E-state index in [1.165, 1.54) is 13.8 Å². The lowest BCUT2D eigenvalue weighted by atomic mass is 10.0. The smallest absolute Gasteiger partial charge is 0.326 e. The molecule has 41 heavy (non-hydrogen) atoms.